The zero-order chi connectivity index (χ0) is 16.7. The van der Waals surface area contributed by atoms with Crippen molar-refractivity contribution in [3.63, 3.8) is 0 Å². The van der Waals surface area contributed by atoms with Crippen molar-refractivity contribution >= 4 is 0 Å². The van der Waals surface area contributed by atoms with Crippen molar-refractivity contribution in [2.24, 2.45) is 0 Å². The molecule has 0 unspecified atom stereocenters. The predicted octanol–water partition coefficient (Wildman–Crippen LogP) is 3.06. The molecule has 0 N–H and O–H groups in total. The summed E-state index contributed by atoms with van der Waals surface area (Å²) in [4.78, 5) is 11.7. The van der Waals surface area contributed by atoms with E-state index in [1.165, 1.54) is 29.7 Å². The van der Waals surface area contributed by atoms with E-state index in [1.807, 2.05) is 25.3 Å². The number of methoxy groups -OCH3 is 2. The van der Waals surface area contributed by atoms with Crippen LogP contribution < -0.4 is 9.47 Å². The Labute approximate surface area is 142 Å². The molecule has 5 nitrogen and oxygen atoms in total. The van der Waals surface area contributed by atoms with Crippen LogP contribution in [0.1, 0.15) is 41.5 Å². The third-order valence-electron chi connectivity index (χ3n) is 5.29. The number of ether oxygens (including phenoxy) is 2. The number of hydrogen-bond donors (Lipinski definition) is 0. The second-order valence-electron chi connectivity index (χ2n) is 6.62. The third-order valence-corrected chi connectivity index (χ3v) is 5.29. The first-order valence-corrected chi connectivity index (χ1v) is 8.48. The van der Waals surface area contributed by atoms with Gasteiger partial charge in [0.05, 0.1) is 19.9 Å². The highest BCUT2D eigenvalue weighted by molar-refractivity contribution is 5.41. The minimum atomic E-state index is 0.412. The molecule has 24 heavy (non-hydrogen) atoms. The van der Waals surface area contributed by atoms with E-state index >= 15 is 0 Å². The van der Waals surface area contributed by atoms with Gasteiger partial charge in [0.15, 0.2) is 0 Å². The zero-order valence-corrected chi connectivity index (χ0v) is 14.5. The van der Waals surface area contributed by atoms with Crippen LogP contribution in [-0.2, 0) is 13.0 Å². The number of aryl methyl sites for hydroxylation is 1. The van der Waals surface area contributed by atoms with Gasteiger partial charge in [0, 0.05) is 42.4 Å². The van der Waals surface area contributed by atoms with E-state index in [1.54, 1.807) is 14.2 Å². The van der Waals surface area contributed by atoms with Crippen LogP contribution in [0.3, 0.4) is 0 Å². The maximum absolute atomic E-state index is 5.56. The highest BCUT2D eigenvalue weighted by Crippen LogP contribution is 2.44. The Morgan fingerprint density at radius 2 is 2.08 bits per heavy atom. The molecule has 0 radical (unpaired) electrons. The number of fused-ring (bicyclic) bond motifs is 4. The Kier molecular flexibility index (Phi) is 3.88. The highest BCUT2D eigenvalue weighted by atomic mass is 16.5. The quantitative estimate of drug-likeness (QED) is 0.864. The predicted molar refractivity (Wildman–Crippen MR) is 91.3 cm³/mol. The molecule has 1 aromatic heterocycles. The molecule has 0 spiro atoms. The van der Waals surface area contributed by atoms with Crippen LogP contribution in [0.4, 0.5) is 0 Å². The van der Waals surface area contributed by atoms with Gasteiger partial charge in [0.1, 0.15) is 17.3 Å². The fourth-order valence-electron chi connectivity index (χ4n) is 4.12. The summed E-state index contributed by atoms with van der Waals surface area (Å²) in [6, 6.07) is 6.97. The van der Waals surface area contributed by atoms with Crippen LogP contribution >= 0.6 is 0 Å². The summed E-state index contributed by atoms with van der Waals surface area (Å²) in [5.41, 5.74) is 3.71. The Balaban J connectivity index is 1.66. The summed E-state index contributed by atoms with van der Waals surface area (Å²) in [7, 11) is 3.42. The maximum atomic E-state index is 5.56. The Morgan fingerprint density at radius 1 is 1.21 bits per heavy atom. The van der Waals surface area contributed by atoms with Crippen LogP contribution in [0.15, 0.2) is 24.4 Å². The minimum absolute atomic E-state index is 0.412. The molecule has 0 amide bonds. The van der Waals surface area contributed by atoms with E-state index in [0.717, 1.165) is 30.3 Å². The lowest BCUT2D eigenvalue weighted by molar-refractivity contribution is 0.164. The molecule has 2 atom stereocenters. The molecule has 0 aliphatic carbocycles. The summed E-state index contributed by atoms with van der Waals surface area (Å²) >= 11 is 0. The van der Waals surface area contributed by atoms with Gasteiger partial charge >= 0.3 is 0 Å². The fraction of sp³-hybridized carbons (Fsp3) is 0.474. The van der Waals surface area contributed by atoms with Gasteiger partial charge in [-0.3, -0.25) is 4.90 Å². The number of nitrogens with zero attached hydrogens (tertiary/aromatic N) is 3. The fourth-order valence-corrected chi connectivity index (χ4v) is 4.12. The van der Waals surface area contributed by atoms with E-state index in [0.29, 0.717) is 12.1 Å². The van der Waals surface area contributed by atoms with Crippen molar-refractivity contribution in [2.75, 3.05) is 14.2 Å². The average Bonchev–Trinajstić information content (AvgIpc) is 2.87. The minimum Gasteiger partial charge on any atom is -0.497 e. The molecule has 126 valence electrons. The Hall–Kier alpha value is -2.14. The van der Waals surface area contributed by atoms with Gasteiger partial charge in [-0.25, -0.2) is 9.97 Å². The molecule has 1 fully saturated rings. The maximum Gasteiger partial charge on any atom is 0.125 e. The van der Waals surface area contributed by atoms with Crippen molar-refractivity contribution in [2.45, 2.75) is 44.8 Å². The standard InChI is InChI=1S/C19H23N3O2/c1-12-20-10-16-17(21-12)9-14-4-6-18(16)22(14)11-13-8-15(23-2)5-7-19(13)24-3/h5,7-8,10,14,18H,4,6,9,11H2,1-3H3/t14-,18-/m1/s1. The van der Waals surface area contributed by atoms with Crippen LogP contribution in [0.5, 0.6) is 11.5 Å². The monoisotopic (exact) mass is 325 g/mol. The molecule has 2 bridgehead atoms. The van der Waals surface area contributed by atoms with Crippen LogP contribution in [-0.4, -0.2) is 35.1 Å². The van der Waals surface area contributed by atoms with Gasteiger partial charge in [-0.15, -0.1) is 0 Å². The Morgan fingerprint density at radius 3 is 2.88 bits per heavy atom. The van der Waals surface area contributed by atoms with Gasteiger partial charge in [-0.2, -0.15) is 0 Å². The second-order valence-corrected chi connectivity index (χ2v) is 6.62. The lowest BCUT2D eigenvalue weighted by atomic mass is 9.98. The van der Waals surface area contributed by atoms with E-state index in [2.05, 4.69) is 20.9 Å². The van der Waals surface area contributed by atoms with Gasteiger partial charge in [-0.05, 0) is 38.0 Å². The molecule has 3 heterocycles. The smallest absolute Gasteiger partial charge is 0.125 e. The molecule has 0 saturated carbocycles. The van der Waals surface area contributed by atoms with Gasteiger partial charge in [0.25, 0.3) is 0 Å². The highest BCUT2D eigenvalue weighted by Gasteiger charge is 2.40. The molecule has 2 aromatic rings. The summed E-state index contributed by atoms with van der Waals surface area (Å²) in [6.45, 7) is 2.83. The van der Waals surface area contributed by atoms with Gasteiger partial charge in [-0.1, -0.05) is 0 Å². The first-order valence-electron chi connectivity index (χ1n) is 8.48. The average molecular weight is 325 g/mol. The molecular formula is C19H23N3O2. The van der Waals surface area contributed by atoms with Crippen molar-refractivity contribution in [1.82, 2.24) is 14.9 Å². The number of benzene rings is 1. The molecule has 5 heteroatoms. The van der Waals surface area contributed by atoms with Crippen molar-refractivity contribution in [3.05, 3.63) is 47.0 Å². The molecule has 2 aliphatic heterocycles. The van der Waals surface area contributed by atoms with E-state index < -0.39 is 0 Å². The van der Waals surface area contributed by atoms with Crippen LogP contribution in [0.2, 0.25) is 0 Å². The van der Waals surface area contributed by atoms with Crippen molar-refractivity contribution < 1.29 is 9.47 Å². The molecular weight excluding hydrogens is 302 g/mol. The molecule has 1 aromatic carbocycles. The summed E-state index contributed by atoms with van der Waals surface area (Å²) in [5, 5.41) is 0. The van der Waals surface area contributed by atoms with Gasteiger partial charge < -0.3 is 9.47 Å². The molecule has 1 saturated heterocycles. The lowest BCUT2D eigenvalue weighted by Crippen LogP contribution is -2.37. The second kappa shape index (κ2) is 6.06. The topological polar surface area (TPSA) is 47.5 Å². The van der Waals surface area contributed by atoms with E-state index in [9.17, 15) is 0 Å². The van der Waals surface area contributed by atoms with Crippen molar-refractivity contribution in [1.29, 1.82) is 0 Å². The van der Waals surface area contributed by atoms with Gasteiger partial charge in [0.2, 0.25) is 0 Å². The number of hydrogen-bond acceptors (Lipinski definition) is 5. The number of aromatic nitrogens is 2. The summed E-state index contributed by atoms with van der Waals surface area (Å²) in [5.74, 6) is 2.66. The van der Waals surface area contributed by atoms with Crippen LogP contribution in [0, 0.1) is 6.92 Å². The normalized spacial score (nSPS) is 22.3. The lowest BCUT2D eigenvalue weighted by Gasteiger charge is -2.36. The first-order chi connectivity index (χ1) is 11.7. The van der Waals surface area contributed by atoms with E-state index in [-0.39, 0.29) is 0 Å². The largest absolute Gasteiger partial charge is 0.497 e. The van der Waals surface area contributed by atoms with Crippen molar-refractivity contribution in [3.8, 4) is 11.5 Å². The Bertz CT molecular complexity index is 762. The SMILES string of the molecule is COc1ccc(OC)c(CN2[C@@H]3CC[C@@H]2c2cnc(C)nc2C3)c1. The summed E-state index contributed by atoms with van der Waals surface area (Å²) < 4.78 is 10.9. The van der Waals surface area contributed by atoms with E-state index in [4.69, 9.17) is 9.47 Å². The molecule has 4 rings (SSSR count). The third kappa shape index (κ3) is 2.53. The van der Waals surface area contributed by atoms with Crippen LogP contribution in [0.25, 0.3) is 0 Å². The number of rotatable bonds is 4. The zero-order valence-electron chi connectivity index (χ0n) is 14.5. The first kappa shape index (κ1) is 15.4. The molecule has 2 aliphatic rings. The summed E-state index contributed by atoms with van der Waals surface area (Å²) in [6.07, 6.45) is 5.43.